The number of amides is 2. The van der Waals surface area contributed by atoms with Crippen molar-refractivity contribution < 1.29 is 9.53 Å². The smallest absolute Gasteiger partial charge is 0.317 e. The van der Waals surface area contributed by atoms with Crippen molar-refractivity contribution in [1.29, 1.82) is 0 Å². The molecule has 2 N–H and O–H groups in total. The number of fused-ring (bicyclic) bond motifs is 2. The maximum absolute atomic E-state index is 12.8. The largest absolute Gasteiger partial charge is 0.379 e. The number of nitrogens with one attached hydrogen (secondary N) is 2. The molecular formula is C26H39N5O2. The SMILES string of the molecule is CCN(CC)C(=O)N[C@H]1CC2c3cccc4[nH]c(CN5CCOCC5)c(c34)C[C@H]2N(CC)C1. The number of urea groups is 1. The Labute approximate surface area is 197 Å². The van der Waals surface area contributed by atoms with Crippen molar-refractivity contribution in [2.45, 2.75) is 58.2 Å². The van der Waals surface area contributed by atoms with Gasteiger partial charge in [0, 0.05) is 73.9 Å². The van der Waals surface area contributed by atoms with Crippen LogP contribution in [0, 0.1) is 0 Å². The molecule has 3 atom stereocenters. The van der Waals surface area contributed by atoms with Gasteiger partial charge in [-0.2, -0.15) is 0 Å². The van der Waals surface area contributed by atoms with Crippen molar-refractivity contribution >= 4 is 16.9 Å². The molecule has 1 unspecified atom stereocenters. The average Bonchev–Trinajstić information content (AvgIpc) is 3.18. The van der Waals surface area contributed by atoms with E-state index in [4.69, 9.17) is 4.74 Å². The predicted molar refractivity (Wildman–Crippen MR) is 132 cm³/mol. The van der Waals surface area contributed by atoms with E-state index in [0.29, 0.717) is 12.0 Å². The summed E-state index contributed by atoms with van der Waals surface area (Å²) in [5.74, 6) is 0.448. The minimum atomic E-state index is 0.0728. The fraction of sp³-hybridized carbons (Fsp3) is 0.654. The lowest BCUT2D eigenvalue weighted by Gasteiger charge is -2.47. The second-order valence-electron chi connectivity index (χ2n) is 9.76. The lowest BCUT2D eigenvalue weighted by molar-refractivity contribution is 0.0335. The molecule has 7 heteroatoms. The van der Waals surface area contributed by atoms with Crippen LogP contribution >= 0.6 is 0 Å². The standard InChI is InChI=1S/C26H39N5O2/c1-4-30(5-2)26(32)27-18-14-20-19-8-7-9-22-25(19)21(15-24(20)31(6-3)16-18)23(28-22)17-29-10-12-33-13-11-29/h7-9,18,20,24,28H,4-6,10-17H2,1-3H3,(H,27,32)/t18-,20?,24+/m0/s1. The van der Waals surface area contributed by atoms with E-state index >= 15 is 0 Å². The van der Waals surface area contributed by atoms with Gasteiger partial charge in [0.15, 0.2) is 0 Å². The summed E-state index contributed by atoms with van der Waals surface area (Å²) in [4.78, 5) is 23.6. The number of aromatic nitrogens is 1. The summed E-state index contributed by atoms with van der Waals surface area (Å²) in [5, 5.41) is 4.79. The van der Waals surface area contributed by atoms with Crippen molar-refractivity contribution in [3.8, 4) is 0 Å². The number of hydrogen-bond acceptors (Lipinski definition) is 4. The third-order valence-corrected chi connectivity index (χ3v) is 8.06. The number of aromatic amines is 1. The fourth-order valence-electron chi connectivity index (χ4n) is 6.32. The minimum absolute atomic E-state index is 0.0728. The van der Waals surface area contributed by atoms with Crippen LogP contribution in [0.4, 0.5) is 4.79 Å². The molecule has 2 fully saturated rings. The van der Waals surface area contributed by atoms with E-state index < -0.39 is 0 Å². The summed E-state index contributed by atoms with van der Waals surface area (Å²) >= 11 is 0. The average molecular weight is 454 g/mol. The van der Waals surface area contributed by atoms with Crippen LogP contribution in [-0.4, -0.2) is 90.3 Å². The van der Waals surface area contributed by atoms with Gasteiger partial charge in [-0.05, 0) is 50.4 Å². The number of ether oxygens (including phenoxy) is 1. The molecule has 33 heavy (non-hydrogen) atoms. The lowest BCUT2D eigenvalue weighted by atomic mass is 9.73. The molecule has 2 saturated heterocycles. The molecule has 1 aliphatic carbocycles. The van der Waals surface area contributed by atoms with E-state index in [0.717, 1.165) is 71.9 Å². The van der Waals surface area contributed by atoms with Gasteiger partial charge in [-0.3, -0.25) is 9.80 Å². The normalized spacial score (nSPS) is 25.7. The van der Waals surface area contributed by atoms with Crippen LogP contribution in [0.25, 0.3) is 10.9 Å². The quantitative estimate of drug-likeness (QED) is 0.705. The first-order chi connectivity index (χ1) is 16.1. The summed E-state index contributed by atoms with van der Waals surface area (Å²) < 4.78 is 5.56. The number of morpholine rings is 1. The third-order valence-electron chi connectivity index (χ3n) is 8.06. The van der Waals surface area contributed by atoms with Gasteiger partial charge in [-0.15, -0.1) is 0 Å². The number of carbonyl (C=O) groups excluding carboxylic acids is 1. The minimum Gasteiger partial charge on any atom is -0.379 e. The highest BCUT2D eigenvalue weighted by Crippen LogP contribution is 2.44. The Balaban J connectivity index is 1.44. The molecule has 180 valence electrons. The predicted octanol–water partition coefficient (Wildman–Crippen LogP) is 3.15. The second kappa shape index (κ2) is 9.65. The van der Waals surface area contributed by atoms with Gasteiger partial charge in [-0.25, -0.2) is 4.79 Å². The topological polar surface area (TPSA) is 63.8 Å². The van der Waals surface area contributed by atoms with Gasteiger partial charge >= 0.3 is 6.03 Å². The summed E-state index contributed by atoms with van der Waals surface area (Å²) in [6.07, 6.45) is 2.10. The number of H-pyrrole nitrogens is 1. The Morgan fingerprint density at radius 3 is 2.73 bits per heavy atom. The Hall–Kier alpha value is -2.09. The van der Waals surface area contributed by atoms with Crippen LogP contribution < -0.4 is 5.32 Å². The first-order valence-electron chi connectivity index (χ1n) is 12.8. The summed E-state index contributed by atoms with van der Waals surface area (Å²) in [5.41, 5.74) is 5.62. The highest BCUT2D eigenvalue weighted by molar-refractivity contribution is 5.89. The van der Waals surface area contributed by atoms with Crippen LogP contribution in [0.5, 0.6) is 0 Å². The van der Waals surface area contributed by atoms with Crippen LogP contribution in [0.15, 0.2) is 18.2 Å². The monoisotopic (exact) mass is 453 g/mol. The molecule has 0 radical (unpaired) electrons. The van der Waals surface area contributed by atoms with Gasteiger partial charge in [0.25, 0.3) is 0 Å². The zero-order valence-corrected chi connectivity index (χ0v) is 20.4. The molecular weight excluding hydrogens is 414 g/mol. The van der Waals surface area contributed by atoms with E-state index in [1.165, 1.54) is 27.7 Å². The molecule has 1 aromatic heterocycles. The van der Waals surface area contributed by atoms with Crippen molar-refractivity contribution in [3.63, 3.8) is 0 Å². The maximum Gasteiger partial charge on any atom is 0.317 e. The zero-order chi connectivity index (χ0) is 22.9. The van der Waals surface area contributed by atoms with Crippen LogP contribution in [0.1, 0.15) is 49.9 Å². The molecule has 0 spiro atoms. The molecule has 2 aromatic rings. The molecule has 3 aliphatic rings. The van der Waals surface area contributed by atoms with E-state index in [2.05, 4.69) is 45.2 Å². The Kier molecular flexibility index (Phi) is 6.63. The number of carbonyl (C=O) groups is 1. The van der Waals surface area contributed by atoms with Crippen molar-refractivity contribution in [2.75, 3.05) is 52.5 Å². The van der Waals surface area contributed by atoms with Gasteiger partial charge in [0.2, 0.25) is 0 Å². The Morgan fingerprint density at radius 1 is 1.21 bits per heavy atom. The summed E-state index contributed by atoms with van der Waals surface area (Å²) in [7, 11) is 0. The molecule has 0 bridgehead atoms. The van der Waals surface area contributed by atoms with E-state index in [9.17, 15) is 4.79 Å². The van der Waals surface area contributed by atoms with E-state index in [1.54, 1.807) is 0 Å². The van der Waals surface area contributed by atoms with Gasteiger partial charge in [0.05, 0.1) is 13.2 Å². The molecule has 7 nitrogen and oxygen atoms in total. The summed E-state index contributed by atoms with van der Waals surface area (Å²) in [6, 6.07) is 7.51. The van der Waals surface area contributed by atoms with Crippen molar-refractivity contribution in [3.05, 3.63) is 35.0 Å². The highest BCUT2D eigenvalue weighted by Gasteiger charge is 2.41. The lowest BCUT2D eigenvalue weighted by Crippen LogP contribution is -2.57. The number of hydrogen-bond donors (Lipinski definition) is 2. The van der Waals surface area contributed by atoms with Crippen LogP contribution in [-0.2, 0) is 17.7 Å². The number of nitrogens with zero attached hydrogens (tertiary/aromatic N) is 3. The molecule has 3 heterocycles. The molecule has 0 saturated carbocycles. The van der Waals surface area contributed by atoms with Gasteiger partial charge < -0.3 is 19.9 Å². The molecule has 2 aliphatic heterocycles. The first-order valence-corrected chi connectivity index (χ1v) is 12.8. The fourth-order valence-corrected chi connectivity index (χ4v) is 6.32. The highest BCUT2D eigenvalue weighted by atomic mass is 16.5. The number of benzene rings is 1. The van der Waals surface area contributed by atoms with Crippen LogP contribution in [0.3, 0.4) is 0 Å². The first kappa shape index (κ1) is 22.7. The Morgan fingerprint density at radius 2 is 2.00 bits per heavy atom. The number of piperidine rings is 1. The number of likely N-dealkylation sites (tertiary alicyclic amines) is 1. The molecule has 5 rings (SSSR count). The number of rotatable bonds is 6. The summed E-state index contributed by atoms with van der Waals surface area (Å²) in [6.45, 7) is 14.4. The molecule has 2 amide bonds. The Bertz CT molecular complexity index is 978. The number of likely N-dealkylation sites (N-methyl/N-ethyl adjacent to an activating group) is 1. The second-order valence-corrected chi connectivity index (χ2v) is 9.76. The molecule has 1 aromatic carbocycles. The third kappa shape index (κ3) is 4.27. The van der Waals surface area contributed by atoms with Gasteiger partial charge in [0.1, 0.15) is 0 Å². The van der Waals surface area contributed by atoms with Gasteiger partial charge in [-0.1, -0.05) is 19.1 Å². The maximum atomic E-state index is 12.8. The van der Waals surface area contributed by atoms with E-state index in [-0.39, 0.29) is 12.1 Å². The van der Waals surface area contributed by atoms with Crippen molar-refractivity contribution in [2.24, 2.45) is 0 Å². The van der Waals surface area contributed by atoms with Crippen LogP contribution in [0.2, 0.25) is 0 Å². The van der Waals surface area contributed by atoms with Crippen molar-refractivity contribution in [1.82, 2.24) is 25.0 Å². The van der Waals surface area contributed by atoms with E-state index in [1.807, 2.05) is 18.7 Å². The zero-order valence-electron chi connectivity index (χ0n) is 20.4.